The van der Waals surface area contributed by atoms with E-state index in [1.807, 2.05) is 72.8 Å². The van der Waals surface area contributed by atoms with Gasteiger partial charge in [-0.1, -0.05) is 42.5 Å². The van der Waals surface area contributed by atoms with Crippen molar-refractivity contribution in [1.82, 2.24) is 0 Å². The minimum Gasteiger partial charge on any atom is -0.356 e. The molecular weight excluding hydrogens is 513 g/mol. The molecule has 158 valence electrons. The highest BCUT2D eigenvalue weighted by Gasteiger charge is 2.15. The van der Waals surface area contributed by atoms with Crippen molar-refractivity contribution in [2.24, 2.45) is 0 Å². The van der Waals surface area contributed by atoms with Gasteiger partial charge in [-0.05, 0) is 83.3 Å². The number of carbonyl (C=O) groups excluding carboxylic acids is 2. The van der Waals surface area contributed by atoms with E-state index in [1.54, 1.807) is 30.3 Å². The maximum atomic E-state index is 12.9. The van der Waals surface area contributed by atoms with Gasteiger partial charge in [0.05, 0.1) is 16.8 Å². The van der Waals surface area contributed by atoms with Crippen LogP contribution in [0.3, 0.4) is 0 Å². The average Bonchev–Trinajstić information content (AvgIpc) is 2.81. The Balaban J connectivity index is 1.46. The highest BCUT2D eigenvalue weighted by molar-refractivity contribution is 14.1. The summed E-state index contributed by atoms with van der Waals surface area (Å²) in [7, 11) is 0. The van der Waals surface area contributed by atoms with Crippen molar-refractivity contribution >= 4 is 57.2 Å². The van der Waals surface area contributed by atoms with Crippen molar-refractivity contribution in [2.45, 2.75) is 0 Å². The Morgan fingerprint density at radius 1 is 0.531 bits per heavy atom. The fraction of sp³-hybridized carbons (Fsp3) is 0. The lowest BCUT2D eigenvalue weighted by molar-refractivity contribution is 0.102. The molecule has 0 fully saturated rings. The largest absolute Gasteiger partial charge is 0.356 e. The van der Waals surface area contributed by atoms with Crippen LogP contribution in [0.2, 0.25) is 0 Å². The molecule has 0 heterocycles. The van der Waals surface area contributed by atoms with Crippen LogP contribution >= 0.6 is 22.6 Å². The van der Waals surface area contributed by atoms with E-state index in [0.29, 0.717) is 22.5 Å². The van der Waals surface area contributed by atoms with Crippen LogP contribution in [0.5, 0.6) is 0 Å². The molecule has 32 heavy (non-hydrogen) atoms. The van der Waals surface area contributed by atoms with E-state index in [-0.39, 0.29) is 11.8 Å². The molecule has 0 aliphatic heterocycles. The molecule has 4 aromatic carbocycles. The topological polar surface area (TPSA) is 70.2 Å². The van der Waals surface area contributed by atoms with E-state index in [9.17, 15) is 9.59 Å². The number of hydrogen-bond acceptors (Lipinski definition) is 3. The highest BCUT2D eigenvalue weighted by Crippen LogP contribution is 2.22. The molecular formula is C26H20IN3O2. The quantitative estimate of drug-likeness (QED) is 0.247. The summed E-state index contributed by atoms with van der Waals surface area (Å²) in [5, 5.41) is 9.06. The first-order valence-electron chi connectivity index (χ1n) is 9.98. The van der Waals surface area contributed by atoms with Crippen LogP contribution in [0.1, 0.15) is 20.7 Å². The molecule has 0 aromatic heterocycles. The molecule has 0 aliphatic rings. The van der Waals surface area contributed by atoms with Crippen LogP contribution < -0.4 is 16.0 Å². The Hall–Kier alpha value is -3.65. The second-order valence-corrected chi connectivity index (χ2v) is 8.16. The molecule has 0 saturated carbocycles. The van der Waals surface area contributed by atoms with Gasteiger partial charge in [-0.25, -0.2) is 0 Å². The van der Waals surface area contributed by atoms with Crippen molar-refractivity contribution < 1.29 is 9.59 Å². The molecule has 0 bridgehead atoms. The van der Waals surface area contributed by atoms with Crippen LogP contribution in [-0.2, 0) is 0 Å². The summed E-state index contributed by atoms with van der Waals surface area (Å²) in [4.78, 5) is 25.6. The second kappa shape index (κ2) is 10.1. The summed E-state index contributed by atoms with van der Waals surface area (Å²) in [5.74, 6) is -0.556. The third-order valence-corrected chi connectivity index (χ3v) is 5.68. The molecule has 6 heteroatoms. The molecule has 4 rings (SSSR count). The van der Waals surface area contributed by atoms with E-state index in [4.69, 9.17) is 0 Å². The van der Waals surface area contributed by atoms with Gasteiger partial charge >= 0.3 is 0 Å². The Labute approximate surface area is 200 Å². The fourth-order valence-corrected chi connectivity index (χ4v) is 3.78. The number of amides is 2. The Morgan fingerprint density at radius 3 is 1.78 bits per heavy atom. The van der Waals surface area contributed by atoms with Crippen molar-refractivity contribution in [3.63, 3.8) is 0 Å². The number of rotatable bonds is 6. The molecule has 0 radical (unpaired) electrons. The van der Waals surface area contributed by atoms with Crippen LogP contribution in [-0.4, -0.2) is 11.8 Å². The van der Waals surface area contributed by atoms with Gasteiger partial charge in [-0.15, -0.1) is 0 Å². The van der Waals surface area contributed by atoms with Crippen LogP contribution in [0.15, 0.2) is 103 Å². The van der Waals surface area contributed by atoms with Crippen molar-refractivity contribution in [3.05, 3.63) is 118 Å². The van der Waals surface area contributed by atoms with Gasteiger partial charge in [-0.2, -0.15) is 0 Å². The number of halogens is 1. The number of carbonyl (C=O) groups is 2. The molecule has 2 amide bonds. The average molecular weight is 533 g/mol. The van der Waals surface area contributed by atoms with Gasteiger partial charge in [0.1, 0.15) is 0 Å². The van der Waals surface area contributed by atoms with E-state index in [0.717, 1.165) is 14.9 Å². The normalized spacial score (nSPS) is 10.3. The molecule has 0 aliphatic carbocycles. The lowest BCUT2D eigenvalue weighted by atomic mass is 10.1. The summed E-state index contributed by atoms with van der Waals surface area (Å²) in [6.07, 6.45) is 0. The van der Waals surface area contributed by atoms with E-state index < -0.39 is 0 Å². The summed E-state index contributed by atoms with van der Waals surface area (Å²) in [5.41, 5.74) is 3.97. The lowest BCUT2D eigenvalue weighted by Gasteiger charge is -2.13. The Bertz CT molecular complexity index is 1240. The van der Waals surface area contributed by atoms with Gasteiger partial charge in [0, 0.05) is 20.6 Å². The third-order valence-electron chi connectivity index (χ3n) is 4.74. The van der Waals surface area contributed by atoms with Crippen molar-refractivity contribution in [3.8, 4) is 0 Å². The summed E-state index contributed by atoms with van der Waals surface area (Å²) in [6.45, 7) is 0. The SMILES string of the molecule is O=C(Nc1ccccc1C(=O)Nc1ccc(Nc2ccccc2)cc1)c1ccccc1I. The molecule has 0 atom stereocenters. The van der Waals surface area contributed by atoms with Crippen LogP contribution in [0.25, 0.3) is 0 Å². The first-order valence-corrected chi connectivity index (χ1v) is 11.1. The molecule has 5 nitrogen and oxygen atoms in total. The zero-order chi connectivity index (χ0) is 22.3. The molecule has 0 saturated heterocycles. The monoisotopic (exact) mass is 533 g/mol. The summed E-state index contributed by atoms with van der Waals surface area (Å²) >= 11 is 2.12. The zero-order valence-corrected chi connectivity index (χ0v) is 19.2. The van der Waals surface area contributed by atoms with E-state index in [2.05, 4.69) is 38.5 Å². The summed E-state index contributed by atoms with van der Waals surface area (Å²) in [6, 6.07) is 31.6. The van der Waals surface area contributed by atoms with Gasteiger partial charge in [0.15, 0.2) is 0 Å². The predicted octanol–water partition coefficient (Wildman–Crippen LogP) is 6.54. The number of para-hydroxylation sites is 2. The smallest absolute Gasteiger partial charge is 0.257 e. The Morgan fingerprint density at radius 2 is 1.06 bits per heavy atom. The minimum absolute atomic E-state index is 0.258. The van der Waals surface area contributed by atoms with Gasteiger partial charge in [0.2, 0.25) is 0 Å². The van der Waals surface area contributed by atoms with Crippen molar-refractivity contribution in [2.75, 3.05) is 16.0 Å². The first-order chi connectivity index (χ1) is 15.6. The molecule has 3 N–H and O–H groups in total. The fourth-order valence-electron chi connectivity index (χ4n) is 3.15. The van der Waals surface area contributed by atoms with Gasteiger partial charge in [-0.3, -0.25) is 9.59 Å². The molecule has 4 aromatic rings. The predicted molar refractivity (Wildman–Crippen MR) is 138 cm³/mol. The maximum absolute atomic E-state index is 12.9. The zero-order valence-electron chi connectivity index (χ0n) is 17.0. The highest BCUT2D eigenvalue weighted by atomic mass is 127. The number of anilines is 4. The van der Waals surface area contributed by atoms with Crippen LogP contribution in [0.4, 0.5) is 22.7 Å². The summed E-state index contributed by atoms with van der Waals surface area (Å²) < 4.78 is 0.841. The van der Waals surface area contributed by atoms with Crippen molar-refractivity contribution in [1.29, 1.82) is 0 Å². The second-order valence-electron chi connectivity index (χ2n) is 7.00. The maximum Gasteiger partial charge on any atom is 0.257 e. The molecule has 0 unspecified atom stereocenters. The van der Waals surface area contributed by atoms with Gasteiger partial charge in [0.25, 0.3) is 11.8 Å². The molecule has 0 spiro atoms. The van der Waals surface area contributed by atoms with Gasteiger partial charge < -0.3 is 16.0 Å². The number of nitrogens with one attached hydrogen (secondary N) is 3. The number of hydrogen-bond donors (Lipinski definition) is 3. The van der Waals surface area contributed by atoms with E-state index >= 15 is 0 Å². The standard InChI is InChI=1S/C26H20IN3O2/c27-23-12-6-4-10-21(23)25(31)30-24-13-7-5-11-22(24)26(32)29-20-16-14-19(15-17-20)28-18-8-2-1-3-9-18/h1-17,28H,(H,29,32)(H,30,31). The minimum atomic E-state index is -0.299. The third kappa shape index (κ3) is 5.33. The lowest BCUT2D eigenvalue weighted by Crippen LogP contribution is -2.18. The Kier molecular flexibility index (Phi) is 6.81. The van der Waals surface area contributed by atoms with Crippen LogP contribution in [0, 0.1) is 3.57 Å². The first kappa shape index (κ1) is 21.6. The van der Waals surface area contributed by atoms with E-state index in [1.165, 1.54) is 0 Å². The number of benzene rings is 4.